The average molecular weight is 194 g/mol. The highest BCUT2D eigenvalue weighted by Crippen LogP contribution is 2.12. The fourth-order valence-corrected chi connectivity index (χ4v) is 0.989. The van der Waals surface area contributed by atoms with E-state index in [-0.39, 0.29) is 12.4 Å². The van der Waals surface area contributed by atoms with E-state index in [1.54, 1.807) is 12.1 Å². The summed E-state index contributed by atoms with van der Waals surface area (Å²) in [5.41, 5.74) is 0. The van der Waals surface area contributed by atoms with Crippen molar-refractivity contribution < 1.29 is 23.5 Å². The quantitative estimate of drug-likeness (QED) is 0.486. The van der Waals surface area contributed by atoms with E-state index < -0.39 is 11.9 Å². The third-order valence-corrected chi connectivity index (χ3v) is 1.58. The highest BCUT2D eigenvalue weighted by molar-refractivity contribution is 6.30. The van der Waals surface area contributed by atoms with E-state index >= 15 is 0 Å². The summed E-state index contributed by atoms with van der Waals surface area (Å²) in [7, 11) is 0. The van der Waals surface area contributed by atoms with E-state index in [0.29, 0.717) is 5.76 Å². The Labute approximate surface area is 78.9 Å². The number of cyclic esters (lactones) is 2. The van der Waals surface area contributed by atoms with Crippen molar-refractivity contribution in [2.24, 2.45) is 0 Å². The van der Waals surface area contributed by atoms with Gasteiger partial charge < -0.3 is 13.9 Å². The van der Waals surface area contributed by atoms with Gasteiger partial charge in [-0.05, 0) is 12.1 Å². The van der Waals surface area contributed by atoms with Crippen molar-refractivity contribution in [3.8, 4) is 0 Å². The van der Waals surface area contributed by atoms with Crippen LogP contribution < -0.4 is 0 Å². The smallest absolute Gasteiger partial charge is 0.422 e. The van der Waals surface area contributed by atoms with Gasteiger partial charge in [0.2, 0.25) is 0 Å². The molecule has 0 radical (unpaired) electrons. The van der Waals surface area contributed by atoms with Crippen LogP contribution in [0.5, 0.6) is 0 Å². The molecule has 72 valence electrons. The summed E-state index contributed by atoms with van der Waals surface area (Å²) in [6.07, 6.45) is 2.98. The topological polar surface area (TPSA) is 65.7 Å². The monoisotopic (exact) mass is 194 g/mol. The van der Waals surface area contributed by atoms with Crippen LogP contribution in [0.25, 0.3) is 6.08 Å². The normalized spacial score (nSPS) is 19.3. The lowest BCUT2D eigenvalue weighted by Gasteiger charge is -2.13. The molecule has 1 aromatic rings. The lowest BCUT2D eigenvalue weighted by atomic mass is 10.3. The fourth-order valence-electron chi connectivity index (χ4n) is 0.989. The summed E-state index contributed by atoms with van der Waals surface area (Å²) in [6.45, 7) is -0.0503. The average Bonchev–Trinajstić information content (AvgIpc) is 2.64. The number of rotatable bonds is 1. The second-order valence-corrected chi connectivity index (χ2v) is 2.59. The SMILES string of the molecule is O=C1OCC(=Cc2ccco2)OC1=O. The van der Waals surface area contributed by atoms with Gasteiger partial charge in [-0.1, -0.05) is 0 Å². The zero-order valence-corrected chi connectivity index (χ0v) is 7.06. The summed E-state index contributed by atoms with van der Waals surface area (Å²) in [6, 6.07) is 3.39. The standard InChI is InChI=1S/C9H6O5/c10-8-9(11)14-7(5-13-8)4-6-2-1-3-12-6/h1-4H,5H2. The molecule has 0 amide bonds. The van der Waals surface area contributed by atoms with Crippen molar-refractivity contribution in [3.63, 3.8) is 0 Å². The molecule has 1 aliphatic heterocycles. The van der Waals surface area contributed by atoms with Crippen LogP contribution in [0.3, 0.4) is 0 Å². The van der Waals surface area contributed by atoms with E-state index in [1.165, 1.54) is 12.3 Å². The first kappa shape index (κ1) is 8.55. The summed E-state index contributed by atoms with van der Waals surface area (Å²) in [5.74, 6) is -1.19. The molecule has 1 fully saturated rings. The Morgan fingerprint density at radius 3 is 2.79 bits per heavy atom. The largest absolute Gasteiger partial charge is 0.465 e. The van der Waals surface area contributed by atoms with Crippen molar-refractivity contribution in [2.75, 3.05) is 6.61 Å². The van der Waals surface area contributed by atoms with E-state index in [4.69, 9.17) is 4.42 Å². The Hall–Kier alpha value is -2.04. The van der Waals surface area contributed by atoms with E-state index in [0.717, 1.165) is 0 Å². The maximum atomic E-state index is 10.8. The lowest BCUT2D eigenvalue weighted by Crippen LogP contribution is -2.27. The Bertz CT molecular complexity index is 387. The Morgan fingerprint density at radius 2 is 2.14 bits per heavy atom. The third-order valence-electron chi connectivity index (χ3n) is 1.58. The van der Waals surface area contributed by atoms with Gasteiger partial charge in [0.25, 0.3) is 0 Å². The number of furan rings is 1. The second-order valence-electron chi connectivity index (χ2n) is 2.59. The summed E-state index contributed by atoms with van der Waals surface area (Å²) < 4.78 is 14.2. The molecule has 1 saturated heterocycles. The van der Waals surface area contributed by atoms with Crippen LogP contribution in [0.1, 0.15) is 5.76 Å². The molecule has 14 heavy (non-hydrogen) atoms. The van der Waals surface area contributed by atoms with Gasteiger partial charge in [0.1, 0.15) is 18.1 Å². The number of ether oxygens (including phenoxy) is 2. The zero-order chi connectivity index (χ0) is 9.97. The van der Waals surface area contributed by atoms with Crippen LogP contribution in [0.2, 0.25) is 0 Å². The van der Waals surface area contributed by atoms with E-state index in [2.05, 4.69) is 9.47 Å². The molecule has 5 heteroatoms. The lowest BCUT2D eigenvalue weighted by molar-refractivity contribution is -0.171. The molecule has 0 spiro atoms. The van der Waals surface area contributed by atoms with Crippen LogP contribution >= 0.6 is 0 Å². The van der Waals surface area contributed by atoms with Gasteiger partial charge in [-0.15, -0.1) is 0 Å². The first-order chi connectivity index (χ1) is 6.75. The number of hydrogen-bond acceptors (Lipinski definition) is 5. The molecule has 2 rings (SSSR count). The first-order valence-electron chi connectivity index (χ1n) is 3.89. The molecule has 2 heterocycles. The van der Waals surface area contributed by atoms with Crippen LogP contribution in [0.4, 0.5) is 0 Å². The third kappa shape index (κ3) is 1.66. The molecule has 5 nitrogen and oxygen atoms in total. The van der Waals surface area contributed by atoms with Gasteiger partial charge >= 0.3 is 11.9 Å². The maximum Gasteiger partial charge on any atom is 0.422 e. The van der Waals surface area contributed by atoms with Crippen molar-refractivity contribution in [2.45, 2.75) is 0 Å². The molecule has 0 saturated carbocycles. The van der Waals surface area contributed by atoms with Gasteiger partial charge in [-0.2, -0.15) is 0 Å². The minimum atomic E-state index is -1.01. The van der Waals surface area contributed by atoms with Crippen LogP contribution in [-0.4, -0.2) is 18.5 Å². The fraction of sp³-hybridized carbons (Fsp3) is 0.111. The van der Waals surface area contributed by atoms with E-state index in [9.17, 15) is 9.59 Å². The predicted octanol–water partition coefficient (Wildman–Crippen LogP) is 0.720. The summed E-state index contributed by atoms with van der Waals surface area (Å²) in [4.78, 5) is 21.4. The predicted molar refractivity (Wildman–Crippen MR) is 43.7 cm³/mol. The number of hydrogen-bond donors (Lipinski definition) is 0. The van der Waals surface area contributed by atoms with Gasteiger partial charge in [0.15, 0.2) is 0 Å². The van der Waals surface area contributed by atoms with Gasteiger partial charge in [0.05, 0.1) is 6.26 Å². The second kappa shape index (κ2) is 3.37. The summed E-state index contributed by atoms with van der Waals surface area (Å²) >= 11 is 0. The first-order valence-corrected chi connectivity index (χ1v) is 3.89. The summed E-state index contributed by atoms with van der Waals surface area (Å²) in [5, 5.41) is 0. The number of carbonyl (C=O) groups is 2. The molecule has 0 aromatic carbocycles. The highest BCUT2D eigenvalue weighted by Gasteiger charge is 2.25. The molecule has 0 unspecified atom stereocenters. The van der Waals surface area contributed by atoms with Gasteiger partial charge in [0, 0.05) is 6.08 Å². The van der Waals surface area contributed by atoms with Crippen LogP contribution in [-0.2, 0) is 19.1 Å². The minimum absolute atomic E-state index is 0.0503. The number of carbonyl (C=O) groups excluding carboxylic acids is 2. The molecule has 1 aliphatic rings. The molecular weight excluding hydrogens is 188 g/mol. The van der Waals surface area contributed by atoms with Crippen LogP contribution in [0.15, 0.2) is 28.6 Å². The molecule has 0 atom stereocenters. The Morgan fingerprint density at radius 1 is 1.29 bits per heavy atom. The number of esters is 2. The van der Waals surface area contributed by atoms with Crippen molar-refractivity contribution in [1.29, 1.82) is 0 Å². The molecule has 0 N–H and O–H groups in total. The molecule has 0 bridgehead atoms. The van der Waals surface area contributed by atoms with E-state index in [1.807, 2.05) is 0 Å². The Balaban J connectivity index is 2.14. The zero-order valence-electron chi connectivity index (χ0n) is 7.06. The van der Waals surface area contributed by atoms with Crippen molar-refractivity contribution in [1.82, 2.24) is 0 Å². The maximum absolute atomic E-state index is 10.8. The van der Waals surface area contributed by atoms with Gasteiger partial charge in [-0.3, -0.25) is 0 Å². The van der Waals surface area contributed by atoms with Gasteiger partial charge in [-0.25, -0.2) is 9.59 Å². The molecule has 1 aromatic heterocycles. The highest BCUT2D eigenvalue weighted by atomic mass is 16.6. The molecule has 0 aliphatic carbocycles. The Kier molecular flexibility index (Phi) is 2.06. The van der Waals surface area contributed by atoms with Crippen molar-refractivity contribution >= 4 is 18.0 Å². The minimum Gasteiger partial charge on any atom is -0.465 e. The van der Waals surface area contributed by atoms with Crippen LogP contribution in [0, 0.1) is 0 Å². The molecular formula is C9H6O5. The van der Waals surface area contributed by atoms with Crippen molar-refractivity contribution in [3.05, 3.63) is 29.9 Å².